The quantitative estimate of drug-likeness (QED) is 0.167. The molecule has 1 fully saturated rings. The molecule has 7 rings (SSSR count). The number of aryl methyl sites for hydroxylation is 2. The van der Waals surface area contributed by atoms with Gasteiger partial charge < -0.3 is 20.7 Å². The molecule has 2 unspecified atom stereocenters. The number of pyridine rings is 2. The van der Waals surface area contributed by atoms with Crippen molar-refractivity contribution < 1.29 is 9.53 Å². The highest BCUT2D eigenvalue weighted by Crippen LogP contribution is 2.44. The highest BCUT2D eigenvalue weighted by Gasteiger charge is 2.30. The number of carbonyl (C=O) groups is 1. The van der Waals surface area contributed by atoms with E-state index in [-0.39, 0.29) is 18.0 Å². The molecular formula is C34H31Cl2N7O2. The minimum Gasteiger partial charge on any atom is -0.481 e. The lowest BCUT2D eigenvalue weighted by Gasteiger charge is -2.20. The summed E-state index contributed by atoms with van der Waals surface area (Å²) in [5.41, 5.74) is 7.40. The standard InChI is InChI=1S/C34H31Cl2N7O2/c1-18-39-26-10-5-15-37-32(26)33(40-18)42-25-9-4-7-22(31(25)36)21-6-3-8-23(30(21)35)27-16-19-11-13-24(29(19)34(43-27)45-2)38-17-20-12-14-28(44)41-20/h3-10,15-16,20,24,38H,11-14,17H2,1-2H3,(H,41,44)(H,39,40,42). The Morgan fingerprint density at radius 3 is 2.56 bits per heavy atom. The minimum absolute atomic E-state index is 0.107. The predicted octanol–water partition coefficient (Wildman–Crippen LogP) is 6.98. The number of amides is 1. The number of anilines is 2. The number of fused-ring (bicyclic) bond motifs is 2. The van der Waals surface area contributed by atoms with Crippen molar-refractivity contribution in [2.45, 2.75) is 44.7 Å². The maximum Gasteiger partial charge on any atom is 0.220 e. The summed E-state index contributed by atoms with van der Waals surface area (Å²) in [6, 6.07) is 17.8. The van der Waals surface area contributed by atoms with Crippen LogP contribution in [0.25, 0.3) is 33.4 Å². The van der Waals surface area contributed by atoms with Crippen LogP contribution >= 0.6 is 23.2 Å². The fourth-order valence-electron chi connectivity index (χ4n) is 6.29. The molecule has 4 heterocycles. The van der Waals surface area contributed by atoms with Crippen LogP contribution < -0.4 is 20.7 Å². The van der Waals surface area contributed by atoms with E-state index in [0.29, 0.717) is 51.7 Å². The molecule has 1 aliphatic carbocycles. The SMILES string of the molecule is COc1nc(-c2cccc(-c3cccc(Nc4nc(C)nc5cccnc45)c3Cl)c2Cl)cc2c1C(NCC1CCC(=O)N1)CC2. The molecule has 45 heavy (non-hydrogen) atoms. The van der Waals surface area contributed by atoms with Gasteiger partial charge in [-0.3, -0.25) is 9.78 Å². The molecule has 0 spiro atoms. The zero-order valence-electron chi connectivity index (χ0n) is 24.8. The third-order valence-corrected chi connectivity index (χ3v) is 9.25. The van der Waals surface area contributed by atoms with Crippen LogP contribution in [0.4, 0.5) is 11.5 Å². The predicted molar refractivity (Wildman–Crippen MR) is 177 cm³/mol. The largest absolute Gasteiger partial charge is 0.481 e. The molecule has 3 N–H and O–H groups in total. The summed E-state index contributed by atoms with van der Waals surface area (Å²) < 4.78 is 5.81. The van der Waals surface area contributed by atoms with E-state index in [1.54, 1.807) is 13.3 Å². The molecule has 1 aliphatic heterocycles. The van der Waals surface area contributed by atoms with E-state index in [2.05, 4.69) is 37.0 Å². The minimum atomic E-state index is 0.107. The number of nitrogens with one attached hydrogen (secondary N) is 3. The first-order chi connectivity index (χ1) is 21.9. The molecule has 1 amide bonds. The summed E-state index contributed by atoms with van der Waals surface area (Å²) in [5, 5.41) is 11.1. The zero-order chi connectivity index (χ0) is 31.1. The molecule has 11 heteroatoms. The van der Waals surface area contributed by atoms with E-state index in [1.807, 2.05) is 55.5 Å². The molecule has 3 aromatic heterocycles. The first kappa shape index (κ1) is 29.4. The molecule has 228 valence electrons. The van der Waals surface area contributed by atoms with Gasteiger partial charge >= 0.3 is 0 Å². The Balaban J connectivity index is 1.20. The zero-order valence-corrected chi connectivity index (χ0v) is 26.3. The summed E-state index contributed by atoms with van der Waals surface area (Å²) in [6.07, 6.45) is 4.97. The van der Waals surface area contributed by atoms with Crippen LogP contribution in [0.15, 0.2) is 60.8 Å². The van der Waals surface area contributed by atoms with Crippen LogP contribution in [-0.4, -0.2) is 45.5 Å². The second-order valence-electron chi connectivity index (χ2n) is 11.3. The summed E-state index contributed by atoms with van der Waals surface area (Å²) in [6.45, 7) is 2.56. The number of hydrogen-bond donors (Lipinski definition) is 3. The van der Waals surface area contributed by atoms with E-state index in [1.165, 1.54) is 5.56 Å². The van der Waals surface area contributed by atoms with Gasteiger partial charge in [0.25, 0.3) is 0 Å². The molecule has 2 atom stereocenters. The van der Waals surface area contributed by atoms with Crippen LogP contribution in [0, 0.1) is 6.92 Å². The highest BCUT2D eigenvalue weighted by atomic mass is 35.5. The van der Waals surface area contributed by atoms with Crippen LogP contribution in [0.1, 0.15) is 42.3 Å². The normalized spacial score (nSPS) is 17.4. The number of ether oxygens (including phenoxy) is 1. The van der Waals surface area contributed by atoms with Gasteiger partial charge in [0.15, 0.2) is 5.82 Å². The maximum absolute atomic E-state index is 11.6. The first-order valence-electron chi connectivity index (χ1n) is 14.9. The van der Waals surface area contributed by atoms with Crippen LogP contribution in [0.2, 0.25) is 10.0 Å². The number of halogens is 2. The van der Waals surface area contributed by atoms with Gasteiger partial charge in [-0.05, 0) is 56.0 Å². The van der Waals surface area contributed by atoms with Gasteiger partial charge in [-0.15, -0.1) is 0 Å². The molecule has 0 radical (unpaired) electrons. The average Bonchev–Trinajstić information content (AvgIpc) is 3.66. The van der Waals surface area contributed by atoms with Crippen molar-refractivity contribution in [1.82, 2.24) is 30.6 Å². The Morgan fingerprint density at radius 2 is 1.76 bits per heavy atom. The molecule has 0 bridgehead atoms. The second kappa shape index (κ2) is 12.2. The van der Waals surface area contributed by atoms with E-state index in [0.717, 1.165) is 52.7 Å². The van der Waals surface area contributed by atoms with Crippen molar-refractivity contribution in [3.05, 3.63) is 87.8 Å². The van der Waals surface area contributed by atoms with Crippen LogP contribution in [0.3, 0.4) is 0 Å². The lowest BCUT2D eigenvalue weighted by atomic mass is 9.99. The Morgan fingerprint density at radius 1 is 0.956 bits per heavy atom. The van der Waals surface area contributed by atoms with Crippen molar-refractivity contribution in [2.24, 2.45) is 0 Å². The van der Waals surface area contributed by atoms with Gasteiger partial charge in [0.2, 0.25) is 11.8 Å². The Bertz CT molecular complexity index is 1950. The van der Waals surface area contributed by atoms with Gasteiger partial charge in [0.05, 0.1) is 34.1 Å². The lowest BCUT2D eigenvalue weighted by molar-refractivity contribution is -0.119. The number of rotatable bonds is 8. The monoisotopic (exact) mass is 639 g/mol. The summed E-state index contributed by atoms with van der Waals surface area (Å²) >= 11 is 14.2. The number of methoxy groups -OCH3 is 1. The van der Waals surface area contributed by atoms with Gasteiger partial charge in [-0.25, -0.2) is 15.0 Å². The Labute approximate surface area is 270 Å². The second-order valence-corrected chi connectivity index (χ2v) is 12.1. The Hall–Kier alpha value is -4.31. The fraction of sp³-hybridized carbons (Fsp3) is 0.265. The summed E-state index contributed by atoms with van der Waals surface area (Å²) in [7, 11) is 1.65. The third-order valence-electron chi connectivity index (χ3n) is 8.43. The fourth-order valence-corrected chi connectivity index (χ4v) is 6.89. The van der Waals surface area contributed by atoms with Crippen molar-refractivity contribution in [2.75, 3.05) is 19.0 Å². The third kappa shape index (κ3) is 5.67. The lowest BCUT2D eigenvalue weighted by Crippen LogP contribution is -2.36. The molecule has 9 nitrogen and oxygen atoms in total. The number of nitrogens with zero attached hydrogens (tertiary/aromatic N) is 4. The van der Waals surface area contributed by atoms with Gasteiger partial charge in [-0.1, -0.05) is 53.5 Å². The van der Waals surface area contributed by atoms with Crippen LogP contribution in [0.5, 0.6) is 5.88 Å². The Kier molecular flexibility index (Phi) is 7.99. The topological polar surface area (TPSA) is 114 Å². The van der Waals surface area contributed by atoms with Gasteiger partial charge in [0, 0.05) is 53.5 Å². The van der Waals surface area contributed by atoms with E-state index in [4.69, 9.17) is 32.9 Å². The smallest absolute Gasteiger partial charge is 0.220 e. The summed E-state index contributed by atoms with van der Waals surface area (Å²) in [5.74, 6) is 1.90. The molecule has 1 saturated heterocycles. The summed E-state index contributed by atoms with van der Waals surface area (Å²) in [4.78, 5) is 30.1. The first-order valence-corrected chi connectivity index (χ1v) is 15.7. The van der Waals surface area contributed by atoms with E-state index >= 15 is 0 Å². The average molecular weight is 641 g/mol. The molecule has 0 saturated carbocycles. The van der Waals surface area contributed by atoms with Crippen LogP contribution in [-0.2, 0) is 11.2 Å². The van der Waals surface area contributed by atoms with Crippen molar-refractivity contribution in [3.63, 3.8) is 0 Å². The van der Waals surface area contributed by atoms with Gasteiger partial charge in [-0.2, -0.15) is 0 Å². The highest BCUT2D eigenvalue weighted by molar-refractivity contribution is 6.39. The van der Waals surface area contributed by atoms with Crippen molar-refractivity contribution in [1.29, 1.82) is 0 Å². The number of carbonyl (C=O) groups excluding carboxylic acids is 1. The number of hydrogen-bond acceptors (Lipinski definition) is 8. The molecule has 2 aliphatic rings. The van der Waals surface area contributed by atoms with Crippen molar-refractivity contribution >= 4 is 51.6 Å². The molecular weight excluding hydrogens is 609 g/mol. The molecule has 5 aromatic rings. The molecule has 2 aromatic carbocycles. The van der Waals surface area contributed by atoms with Gasteiger partial charge in [0.1, 0.15) is 11.3 Å². The maximum atomic E-state index is 11.6. The van der Waals surface area contributed by atoms with E-state index < -0.39 is 0 Å². The number of aromatic nitrogens is 4. The van der Waals surface area contributed by atoms with E-state index in [9.17, 15) is 4.79 Å². The number of benzene rings is 2. The van der Waals surface area contributed by atoms with Crippen molar-refractivity contribution in [3.8, 4) is 28.3 Å².